The molecule has 0 saturated carbocycles. The van der Waals surface area contributed by atoms with Crippen LogP contribution in [0.4, 0.5) is 0 Å². The Bertz CT molecular complexity index is 586. The van der Waals surface area contributed by atoms with Crippen LogP contribution in [-0.4, -0.2) is 5.78 Å². The molecule has 0 aliphatic carbocycles. The van der Waals surface area contributed by atoms with Gasteiger partial charge < -0.3 is 5.21 Å². The Morgan fingerprint density at radius 2 is 1.89 bits per heavy atom. The van der Waals surface area contributed by atoms with E-state index in [0.717, 1.165) is 5.56 Å². The second-order valence-corrected chi connectivity index (χ2v) is 4.02. The van der Waals surface area contributed by atoms with E-state index in [9.17, 15) is 10.0 Å². The van der Waals surface area contributed by atoms with Crippen LogP contribution in [0.3, 0.4) is 0 Å². The number of aromatic nitrogens is 1. The summed E-state index contributed by atoms with van der Waals surface area (Å²) in [6.07, 6.45) is 4.43. The van der Waals surface area contributed by atoms with Gasteiger partial charge >= 0.3 is 0 Å². The Balaban J connectivity index is 2.17. The van der Waals surface area contributed by atoms with Gasteiger partial charge in [-0.25, -0.2) is 0 Å². The van der Waals surface area contributed by atoms with Crippen molar-refractivity contribution >= 4 is 11.9 Å². The van der Waals surface area contributed by atoms with Crippen molar-refractivity contribution in [3.05, 3.63) is 76.8 Å². The quantitative estimate of drug-likeness (QED) is 0.357. The predicted molar refractivity (Wildman–Crippen MR) is 69.9 cm³/mol. The molecule has 1 aromatic heterocycles. The highest BCUT2D eigenvalue weighted by Gasteiger charge is 2.10. The fraction of sp³-hybridized carbons (Fsp3) is 0.0667. The Kier molecular flexibility index (Phi) is 3.53. The summed E-state index contributed by atoms with van der Waals surface area (Å²) < 4.78 is 0.571. The smallest absolute Gasteiger partial charge is 0.264 e. The molecular weight excluding hydrogens is 226 g/mol. The maximum Gasteiger partial charge on any atom is 0.264 e. The van der Waals surface area contributed by atoms with Gasteiger partial charge in [-0.05, 0) is 24.6 Å². The van der Waals surface area contributed by atoms with Crippen LogP contribution in [0.2, 0.25) is 0 Å². The molecule has 1 heterocycles. The van der Waals surface area contributed by atoms with Crippen LogP contribution in [0.1, 0.15) is 21.6 Å². The lowest BCUT2D eigenvalue weighted by molar-refractivity contribution is -0.607. The average molecular weight is 239 g/mol. The monoisotopic (exact) mass is 239 g/mol. The molecule has 0 saturated heterocycles. The highest BCUT2D eigenvalue weighted by Crippen LogP contribution is 2.06. The minimum atomic E-state index is -0.300. The number of benzene rings is 1. The maximum absolute atomic E-state index is 11.8. The third kappa shape index (κ3) is 2.83. The third-order valence-electron chi connectivity index (χ3n) is 2.58. The predicted octanol–water partition coefficient (Wildman–Crippen LogP) is 2.52. The first kappa shape index (κ1) is 12.0. The van der Waals surface area contributed by atoms with E-state index in [1.165, 1.54) is 23.9 Å². The summed E-state index contributed by atoms with van der Waals surface area (Å²) in [5.74, 6) is -0.300. The number of rotatable bonds is 3. The fourth-order valence-electron chi connectivity index (χ4n) is 1.55. The highest BCUT2D eigenvalue weighted by molar-refractivity contribution is 6.04. The van der Waals surface area contributed by atoms with E-state index in [1.807, 2.05) is 31.2 Å². The number of nitrogens with zero attached hydrogens (tertiary/aromatic N) is 1. The second kappa shape index (κ2) is 5.27. The van der Waals surface area contributed by atoms with Crippen molar-refractivity contribution in [2.75, 3.05) is 0 Å². The number of hydrogen-bond acceptors (Lipinski definition) is 2. The fourth-order valence-corrected chi connectivity index (χ4v) is 1.55. The molecule has 0 bridgehead atoms. The van der Waals surface area contributed by atoms with Gasteiger partial charge in [-0.3, -0.25) is 4.79 Å². The number of carbonyl (C=O) groups is 1. The average Bonchev–Trinajstić information content (AvgIpc) is 2.38. The normalized spacial score (nSPS) is 10.7. The first-order valence-electron chi connectivity index (χ1n) is 5.64. The van der Waals surface area contributed by atoms with Gasteiger partial charge in [-0.15, -0.1) is 0 Å². The van der Waals surface area contributed by atoms with Crippen LogP contribution < -0.4 is 4.73 Å². The van der Waals surface area contributed by atoms with Crippen LogP contribution in [0.15, 0.2) is 54.7 Å². The van der Waals surface area contributed by atoms with E-state index in [2.05, 4.69) is 0 Å². The van der Waals surface area contributed by atoms with Crippen LogP contribution in [0.5, 0.6) is 0 Å². The van der Waals surface area contributed by atoms with Crippen molar-refractivity contribution < 1.29 is 9.52 Å². The molecule has 18 heavy (non-hydrogen) atoms. The molecule has 2 rings (SSSR count). The zero-order chi connectivity index (χ0) is 13.0. The molecule has 0 aliphatic rings. The molecule has 0 spiro atoms. The van der Waals surface area contributed by atoms with Gasteiger partial charge in [0.1, 0.15) is 0 Å². The van der Waals surface area contributed by atoms with Crippen molar-refractivity contribution in [1.29, 1.82) is 0 Å². The second-order valence-electron chi connectivity index (χ2n) is 4.02. The highest BCUT2D eigenvalue weighted by atomic mass is 16.5. The van der Waals surface area contributed by atoms with Crippen LogP contribution >= 0.6 is 0 Å². The molecule has 0 atom stereocenters. The summed E-state index contributed by atoms with van der Waals surface area (Å²) >= 11 is 0. The molecule has 0 N–H and O–H groups in total. The van der Waals surface area contributed by atoms with Crippen LogP contribution in [0.25, 0.3) is 6.08 Å². The lowest BCUT2D eigenvalue weighted by Gasteiger charge is -1.99. The van der Waals surface area contributed by atoms with Crippen molar-refractivity contribution in [2.45, 2.75) is 6.92 Å². The van der Waals surface area contributed by atoms with Crippen LogP contribution in [0, 0.1) is 12.1 Å². The molecular formula is C15H13NO2. The summed E-state index contributed by atoms with van der Waals surface area (Å²) in [5, 5.41) is 11.4. The number of ketones is 1. The Morgan fingerprint density at radius 3 is 2.56 bits per heavy atom. The summed E-state index contributed by atoms with van der Waals surface area (Å²) in [6, 6.07) is 12.6. The Labute approximate surface area is 106 Å². The van der Waals surface area contributed by atoms with Gasteiger partial charge in [-0.2, -0.15) is 4.73 Å². The Hall–Kier alpha value is -2.42. The Morgan fingerprint density at radius 1 is 1.17 bits per heavy atom. The molecule has 0 amide bonds. The van der Waals surface area contributed by atoms with Crippen molar-refractivity contribution in [3.8, 4) is 0 Å². The van der Waals surface area contributed by atoms with E-state index in [1.54, 1.807) is 18.2 Å². The number of carbonyl (C=O) groups excluding carboxylic acids is 1. The lowest BCUT2D eigenvalue weighted by Crippen LogP contribution is -2.33. The molecule has 0 radical (unpaired) electrons. The van der Waals surface area contributed by atoms with Gasteiger partial charge in [0.25, 0.3) is 11.5 Å². The number of allylic oxidation sites excluding steroid dienone is 1. The van der Waals surface area contributed by atoms with Gasteiger partial charge in [0, 0.05) is 12.1 Å². The summed E-state index contributed by atoms with van der Waals surface area (Å²) in [6.45, 7) is 2.00. The molecule has 3 heteroatoms. The third-order valence-corrected chi connectivity index (χ3v) is 2.58. The van der Waals surface area contributed by atoms with Gasteiger partial charge in [0.2, 0.25) is 0 Å². The van der Waals surface area contributed by atoms with Crippen molar-refractivity contribution in [2.24, 2.45) is 0 Å². The lowest BCUT2D eigenvalue weighted by atomic mass is 10.1. The zero-order valence-electron chi connectivity index (χ0n) is 10.0. The number of aryl methyl sites for hydroxylation is 1. The minimum absolute atomic E-state index is 0.126. The summed E-state index contributed by atoms with van der Waals surface area (Å²) in [7, 11) is 0. The van der Waals surface area contributed by atoms with Crippen molar-refractivity contribution in [3.63, 3.8) is 0 Å². The zero-order valence-corrected chi connectivity index (χ0v) is 10.0. The van der Waals surface area contributed by atoms with E-state index >= 15 is 0 Å². The van der Waals surface area contributed by atoms with E-state index < -0.39 is 0 Å². The number of pyridine rings is 1. The summed E-state index contributed by atoms with van der Waals surface area (Å²) in [5.41, 5.74) is 2.22. The molecule has 1 aromatic carbocycles. The van der Waals surface area contributed by atoms with E-state index in [-0.39, 0.29) is 11.5 Å². The largest absolute Gasteiger partial charge is 0.618 e. The van der Waals surface area contributed by atoms with E-state index in [4.69, 9.17) is 0 Å². The molecule has 0 fully saturated rings. The minimum Gasteiger partial charge on any atom is -0.618 e. The first-order valence-corrected chi connectivity index (χ1v) is 5.64. The maximum atomic E-state index is 11.8. The van der Waals surface area contributed by atoms with Gasteiger partial charge in [-0.1, -0.05) is 35.9 Å². The van der Waals surface area contributed by atoms with Gasteiger partial charge in [0.15, 0.2) is 6.20 Å². The molecule has 2 aromatic rings. The first-order chi connectivity index (χ1) is 8.66. The van der Waals surface area contributed by atoms with Gasteiger partial charge in [0.05, 0.1) is 0 Å². The molecule has 3 nitrogen and oxygen atoms in total. The molecule has 0 aliphatic heterocycles. The standard InChI is InChI=1S/C15H13NO2/c1-12-5-7-13(8-6-12)9-10-15(17)14-4-2-3-11-16(14)18/h2-11H,1H3/b10-9+. The topological polar surface area (TPSA) is 44.0 Å². The molecule has 0 unspecified atom stereocenters. The SMILES string of the molecule is Cc1ccc(/C=C/C(=O)c2cccc[n+]2[O-])cc1. The summed E-state index contributed by atoms with van der Waals surface area (Å²) in [4.78, 5) is 11.8. The number of hydrogen-bond donors (Lipinski definition) is 0. The van der Waals surface area contributed by atoms with Crippen LogP contribution in [-0.2, 0) is 0 Å². The van der Waals surface area contributed by atoms with E-state index in [0.29, 0.717) is 4.73 Å². The molecule has 90 valence electrons. The van der Waals surface area contributed by atoms with Crippen molar-refractivity contribution in [1.82, 2.24) is 0 Å².